The van der Waals surface area contributed by atoms with Crippen molar-refractivity contribution in [2.75, 3.05) is 23.9 Å². The van der Waals surface area contributed by atoms with E-state index >= 15 is 0 Å². The lowest BCUT2D eigenvalue weighted by Crippen LogP contribution is -2.46. The van der Waals surface area contributed by atoms with Crippen molar-refractivity contribution >= 4 is 21.6 Å². The Morgan fingerprint density at radius 3 is 2.44 bits per heavy atom. The Balaban J connectivity index is 1.96. The topological polar surface area (TPSA) is 57.7 Å². The van der Waals surface area contributed by atoms with Crippen LogP contribution >= 0.6 is 0 Å². The van der Waals surface area contributed by atoms with E-state index in [9.17, 15) is 13.2 Å². The second-order valence-electron chi connectivity index (χ2n) is 7.20. The largest absolute Gasteiger partial charge is 0.341 e. The average Bonchev–Trinajstić information content (AvgIpc) is 2.67. The number of rotatable bonds is 5. The van der Waals surface area contributed by atoms with E-state index in [0.29, 0.717) is 24.7 Å². The van der Waals surface area contributed by atoms with Crippen LogP contribution in [0, 0.1) is 12.8 Å². The number of likely N-dealkylation sites (tertiary alicyclic amines) is 1. The van der Waals surface area contributed by atoms with Gasteiger partial charge in [-0.1, -0.05) is 43.3 Å². The zero-order chi connectivity index (χ0) is 19.4. The number of para-hydroxylation sites is 1. The molecular weight excluding hydrogens is 360 g/mol. The quantitative estimate of drug-likeness (QED) is 0.791. The number of hydrogen-bond donors (Lipinski definition) is 0. The summed E-state index contributed by atoms with van der Waals surface area (Å²) in [4.78, 5) is 14.9. The van der Waals surface area contributed by atoms with Crippen molar-refractivity contribution in [3.05, 3.63) is 60.2 Å². The fourth-order valence-corrected chi connectivity index (χ4v) is 5.00. The van der Waals surface area contributed by atoms with E-state index in [-0.39, 0.29) is 17.3 Å². The van der Waals surface area contributed by atoms with Gasteiger partial charge in [-0.05, 0) is 49.4 Å². The first-order valence-electron chi connectivity index (χ1n) is 9.31. The summed E-state index contributed by atoms with van der Waals surface area (Å²) in [5, 5.41) is 0. The Bertz CT molecular complexity index is 897. The summed E-state index contributed by atoms with van der Waals surface area (Å²) < 4.78 is 27.9. The van der Waals surface area contributed by atoms with E-state index in [4.69, 9.17) is 0 Å². The molecule has 144 valence electrons. The maximum atomic E-state index is 13.3. The Morgan fingerprint density at radius 2 is 1.78 bits per heavy atom. The Hall–Kier alpha value is -2.34. The van der Waals surface area contributed by atoms with E-state index in [0.717, 1.165) is 18.4 Å². The number of benzene rings is 2. The van der Waals surface area contributed by atoms with Gasteiger partial charge in [0.15, 0.2) is 0 Å². The molecule has 1 unspecified atom stereocenters. The molecule has 1 amide bonds. The van der Waals surface area contributed by atoms with E-state index in [1.807, 2.05) is 19.1 Å². The van der Waals surface area contributed by atoms with Crippen molar-refractivity contribution in [1.82, 2.24) is 4.90 Å². The first-order chi connectivity index (χ1) is 12.9. The molecule has 0 N–H and O–H groups in total. The fraction of sp³-hybridized carbons (Fsp3) is 0.381. The molecule has 0 aliphatic carbocycles. The van der Waals surface area contributed by atoms with Crippen LogP contribution in [0.15, 0.2) is 59.5 Å². The van der Waals surface area contributed by atoms with Crippen LogP contribution in [0.4, 0.5) is 5.69 Å². The van der Waals surface area contributed by atoms with E-state index in [1.54, 1.807) is 47.4 Å². The van der Waals surface area contributed by atoms with Crippen molar-refractivity contribution in [1.29, 1.82) is 0 Å². The third-order valence-electron chi connectivity index (χ3n) is 5.00. The summed E-state index contributed by atoms with van der Waals surface area (Å²) in [7, 11) is -3.84. The van der Waals surface area contributed by atoms with Gasteiger partial charge in [-0.25, -0.2) is 8.42 Å². The van der Waals surface area contributed by atoms with Gasteiger partial charge in [0.1, 0.15) is 6.54 Å². The molecule has 0 spiro atoms. The van der Waals surface area contributed by atoms with Gasteiger partial charge in [0.2, 0.25) is 5.91 Å². The summed E-state index contributed by atoms with van der Waals surface area (Å²) in [6.45, 7) is 5.17. The Labute approximate surface area is 161 Å². The lowest BCUT2D eigenvalue weighted by Gasteiger charge is -2.33. The highest BCUT2D eigenvalue weighted by atomic mass is 32.2. The standard InChI is InChI=1S/C21H26N2O3S/c1-17-9-8-14-22(15-17)21(24)16-23(20-13-7-6-10-18(20)2)27(25,26)19-11-4-3-5-12-19/h3-7,10-13,17H,8-9,14-16H2,1-2H3. The number of sulfonamides is 1. The molecule has 1 atom stereocenters. The lowest BCUT2D eigenvalue weighted by atomic mass is 10.0. The van der Waals surface area contributed by atoms with Crippen LogP contribution in [-0.2, 0) is 14.8 Å². The lowest BCUT2D eigenvalue weighted by molar-refractivity contribution is -0.131. The maximum Gasteiger partial charge on any atom is 0.264 e. The molecule has 1 saturated heterocycles. The minimum atomic E-state index is -3.84. The summed E-state index contributed by atoms with van der Waals surface area (Å²) in [5.41, 5.74) is 1.36. The van der Waals surface area contributed by atoms with Gasteiger partial charge in [-0.2, -0.15) is 0 Å². The van der Waals surface area contributed by atoms with Crippen LogP contribution < -0.4 is 4.31 Å². The van der Waals surface area contributed by atoms with Gasteiger partial charge in [0, 0.05) is 13.1 Å². The maximum absolute atomic E-state index is 13.3. The number of carbonyl (C=O) groups is 1. The highest BCUT2D eigenvalue weighted by Gasteiger charge is 2.30. The molecular formula is C21H26N2O3S. The van der Waals surface area contributed by atoms with Gasteiger partial charge >= 0.3 is 0 Å². The van der Waals surface area contributed by atoms with Crippen molar-refractivity contribution in [3.63, 3.8) is 0 Å². The van der Waals surface area contributed by atoms with Crippen LogP contribution in [-0.4, -0.2) is 38.9 Å². The van der Waals surface area contributed by atoms with Crippen LogP contribution in [0.5, 0.6) is 0 Å². The molecule has 2 aromatic carbocycles. The second-order valence-corrected chi connectivity index (χ2v) is 9.06. The van der Waals surface area contributed by atoms with Gasteiger partial charge in [-0.3, -0.25) is 9.10 Å². The number of anilines is 1. The number of nitrogens with zero attached hydrogens (tertiary/aromatic N) is 2. The third kappa shape index (κ3) is 4.33. The monoisotopic (exact) mass is 386 g/mol. The first kappa shape index (κ1) is 19.4. The first-order valence-corrected chi connectivity index (χ1v) is 10.7. The molecule has 0 aromatic heterocycles. The molecule has 1 heterocycles. The molecule has 27 heavy (non-hydrogen) atoms. The highest BCUT2D eigenvalue weighted by molar-refractivity contribution is 7.92. The van der Waals surface area contributed by atoms with E-state index in [2.05, 4.69) is 6.92 Å². The number of amides is 1. The van der Waals surface area contributed by atoms with Crippen LogP contribution in [0.1, 0.15) is 25.3 Å². The Kier molecular flexibility index (Phi) is 5.85. The highest BCUT2D eigenvalue weighted by Crippen LogP contribution is 2.27. The number of piperidine rings is 1. The second kappa shape index (κ2) is 8.13. The molecule has 3 rings (SSSR count). The average molecular weight is 387 g/mol. The smallest absolute Gasteiger partial charge is 0.264 e. The third-order valence-corrected chi connectivity index (χ3v) is 6.78. The van der Waals surface area contributed by atoms with Gasteiger partial charge in [0.25, 0.3) is 10.0 Å². The molecule has 6 heteroatoms. The molecule has 1 aliphatic heterocycles. The van der Waals surface area contributed by atoms with Gasteiger partial charge in [-0.15, -0.1) is 0 Å². The van der Waals surface area contributed by atoms with Gasteiger partial charge < -0.3 is 4.90 Å². The van der Waals surface area contributed by atoms with E-state index < -0.39 is 10.0 Å². The summed E-state index contributed by atoms with van der Waals surface area (Å²) >= 11 is 0. The predicted octanol–water partition coefficient (Wildman–Crippen LogP) is 3.45. The summed E-state index contributed by atoms with van der Waals surface area (Å²) in [6.07, 6.45) is 2.07. The molecule has 5 nitrogen and oxygen atoms in total. The van der Waals surface area contributed by atoms with Crippen LogP contribution in [0.3, 0.4) is 0 Å². The normalized spacial score (nSPS) is 17.6. The van der Waals surface area contributed by atoms with E-state index in [1.165, 1.54) is 4.31 Å². The van der Waals surface area contributed by atoms with Crippen molar-refractivity contribution < 1.29 is 13.2 Å². The zero-order valence-corrected chi connectivity index (χ0v) is 16.7. The molecule has 0 radical (unpaired) electrons. The number of carbonyl (C=O) groups excluding carboxylic acids is 1. The number of aryl methyl sites for hydroxylation is 1. The SMILES string of the molecule is Cc1ccccc1N(CC(=O)N1CCCC(C)C1)S(=O)(=O)c1ccccc1. The summed E-state index contributed by atoms with van der Waals surface area (Å²) in [5.74, 6) is 0.296. The van der Waals surface area contributed by atoms with Crippen LogP contribution in [0.25, 0.3) is 0 Å². The van der Waals surface area contributed by atoms with Crippen LogP contribution in [0.2, 0.25) is 0 Å². The molecule has 2 aromatic rings. The summed E-state index contributed by atoms with van der Waals surface area (Å²) in [6, 6.07) is 15.6. The van der Waals surface area contributed by atoms with Crippen molar-refractivity contribution in [2.45, 2.75) is 31.6 Å². The number of hydrogen-bond acceptors (Lipinski definition) is 3. The van der Waals surface area contributed by atoms with Gasteiger partial charge in [0.05, 0.1) is 10.6 Å². The fourth-order valence-electron chi connectivity index (χ4n) is 3.50. The zero-order valence-electron chi connectivity index (χ0n) is 15.8. The van der Waals surface area contributed by atoms with Crippen molar-refractivity contribution in [2.24, 2.45) is 5.92 Å². The molecule has 0 bridgehead atoms. The molecule has 1 aliphatic rings. The van der Waals surface area contributed by atoms with Crippen molar-refractivity contribution in [3.8, 4) is 0 Å². The molecule has 1 fully saturated rings. The minimum Gasteiger partial charge on any atom is -0.341 e. The molecule has 0 saturated carbocycles. The predicted molar refractivity (Wildman–Crippen MR) is 107 cm³/mol. The minimum absolute atomic E-state index is 0.149. The Morgan fingerprint density at radius 1 is 1.11 bits per heavy atom.